The maximum Gasteiger partial charge on any atom is 0.250 e. The summed E-state index contributed by atoms with van der Waals surface area (Å²) in [5, 5.41) is 1.90. The predicted molar refractivity (Wildman–Crippen MR) is 103 cm³/mol. The Morgan fingerprint density at radius 1 is 1.15 bits per heavy atom. The largest absolute Gasteiger partial charge is 0.250 e. The van der Waals surface area contributed by atoms with Gasteiger partial charge in [-0.15, -0.1) is 11.3 Å². The van der Waals surface area contributed by atoms with E-state index in [0.29, 0.717) is 12.8 Å². The van der Waals surface area contributed by atoms with Gasteiger partial charge in [-0.3, -0.25) is 0 Å². The van der Waals surface area contributed by atoms with Crippen LogP contribution in [-0.4, -0.2) is 40.3 Å². The van der Waals surface area contributed by atoms with Crippen molar-refractivity contribution in [3.63, 3.8) is 0 Å². The first-order chi connectivity index (χ1) is 12.2. The minimum absolute atomic E-state index is 0.0855. The van der Waals surface area contributed by atoms with Crippen molar-refractivity contribution in [3.8, 4) is 0 Å². The number of thiophene rings is 1. The summed E-state index contributed by atoms with van der Waals surface area (Å²) in [7, 11) is -7.25. The molecule has 0 radical (unpaired) electrons. The fourth-order valence-corrected chi connectivity index (χ4v) is 7.22. The van der Waals surface area contributed by atoms with Gasteiger partial charge in [0, 0.05) is 19.1 Å². The van der Waals surface area contributed by atoms with Crippen molar-refractivity contribution < 1.29 is 16.8 Å². The molecule has 0 saturated carbocycles. The van der Waals surface area contributed by atoms with Crippen LogP contribution in [0.1, 0.15) is 18.4 Å². The molecule has 1 aliphatic heterocycles. The molecule has 142 valence electrons. The number of nitrogens with zero attached hydrogens (tertiary/aromatic N) is 1. The van der Waals surface area contributed by atoms with Crippen molar-refractivity contribution in [1.82, 2.24) is 9.03 Å². The molecule has 1 N–H and O–H groups in total. The fraction of sp³-hybridized carbons (Fsp3) is 0.375. The molecular formula is C16H19ClN2O4S3. The summed E-state index contributed by atoms with van der Waals surface area (Å²) in [5.41, 5.74) is 0.885. The Bertz CT molecular complexity index is 981. The van der Waals surface area contributed by atoms with Crippen molar-refractivity contribution in [2.24, 2.45) is 0 Å². The van der Waals surface area contributed by atoms with Crippen LogP contribution in [0, 0.1) is 6.92 Å². The highest BCUT2D eigenvalue weighted by atomic mass is 35.5. The van der Waals surface area contributed by atoms with Gasteiger partial charge < -0.3 is 0 Å². The van der Waals surface area contributed by atoms with Crippen LogP contribution in [0.25, 0.3) is 0 Å². The quantitative estimate of drug-likeness (QED) is 0.784. The van der Waals surface area contributed by atoms with Gasteiger partial charge in [0.15, 0.2) is 0 Å². The molecule has 3 rings (SSSR count). The number of halogens is 1. The molecule has 6 nitrogen and oxygen atoms in total. The molecule has 1 fully saturated rings. The number of rotatable bonds is 5. The molecule has 2 aromatic rings. The Morgan fingerprint density at radius 3 is 2.42 bits per heavy atom. The molecule has 0 bridgehead atoms. The molecule has 0 atom stereocenters. The maximum absolute atomic E-state index is 12.8. The molecule has 2 heterocycles. The normalized spacial score (nSPS) is 17.5. The highest BCUT2D eigenvalue weighted by molar-refractivity contribution is 7.91. The van der Waals surface area contributed by atoms with Crippen molar-refractivity contribution in [2.45, 2.75) is 34.9 Å². The smallest absolute Gasteiger partial charge is 0.207 e. The third-order valence-electron chi connectivity index (χ3n) is 4.24. The molecule has 1 aromatic heterocycles. The Kier molecular flexibility index (Phi) is 5.76. The van der Waals surface area contributed by atoms with E-state index in [2.05, 4.69) is 4.72 Å². The number of benzene rings is 1. The van der Waals surface area contributed by atoms with Crippen LogP contribution >= 0.6 is 22.9 Å². The third kappa shape index (κ3) is 4.13. The number of sulfonamides is 2. The Labute approximate surface area is 162 Å². The van der Waals surface area contributed by atoms with E-state index < -0.39 is 20.0 Å². The second kappa shape index (κ2) is 7.57. The molecule has 0 spiro atoms. The van der Waals surface area contributed by atoms with E-state index in [9.17, 15) is 16.8 Å². The highest BCUT2D eigenvalue weighted by Crippen LogP contribution is 2.28. The molecule has 0 unspecified atom stereocenters. The highest BCUT2D eigenvalue weighted by Gasteiger charge is 2.32. The summed E-state index contributed by atoms with van der Waals surface area (Å²) in [6.07, 6.45) is 0.820. The molecule has 1 saturated heterocycles. The number of hydrogen-bond donors (Lipinski definition) is 1. The van der Waals surface area contributed by atoms with Gasteiger partial charge in [0.2, 0.25) is 20.0 Å². The van der Waals surface area contributed by atoms with E-state index in [-0.39, 0.29) is 33.3 Å². The van der Waals surface area contributed by atoms with Crippen LogP contribution in [0.5, 0.6) is 0 Å². The van der Waals surface area contributed by atoms with Crippen LogP contribution in [0.2, 0.25) is 5.02 Å². The average Bonchev–Trinajstić information content (AvgIpc) is 3.10. The lowest BCUT2D eigenvalue weighted by atomic mass is 10.1. The first-order valence-electron chi connectivity index (χ1n) is 8.02. The minimum Gasteiger partial charge on any atom is -0.207 e. The molecular weight excluding hydrogens is 416 g/mol. The predicted octanol–water partition coefficient (Wildman–Crippen LogP) is 2.84. The van der Waals surface area contributed by atoms with Crippen molar-refractivity contribution in [1.29, 1.82) is 0 Å². The summed E-state index contributed by atoms with van der Waals surface area (Å²) >= 11 is 7.26. The van der Waals surface area contributed by atoms with E-state index in [1.807, 2.05) is 6.92 Å². The number of nitrogens with one attached hydrogen (secondary N) is 1. The summed E-state index contributed by atoms with van der Waals surface area (Å²) < 4.78 is 54.5. The number of hydrogen-bond acceptors (Lipinski definition) is 5. The Balaban J connectivity index is 1.68. The van der Waals surface area contributed by atoms with Crippen LogP contribution in [0.4, 0.5) is 0 Å². The number of piperidine rings is 1. The summed E-state index contributed by atoms with van der Waals surface area (Å²) in [6, 6.07) is 7.78. The van der Waals surface area contributed by atoms with E-state index in [1.54, 1.807) is 29.6 Å². The molecule has 1 aromatic carbocycles. The van der Waals surface area contributed by atoms with Crippen LogP contribution in [0.15, 0.2) is 44.8 Å². The van der Waals surface area contributed by atoms with Crippen molar-refractivity contribution >= 4 is 43.0 Å². The molecule has 0 amide bonds. The Hall–Kier alpha value is -0.970. The zero-order chi connectivity index (χ0) is 18.9. The lowest BCUT2D eigenvalue weighted by Crippen LogP contribution is -2.46. The molecule has 1 aliphatic rings. The minimum atomic E-state index is -3.69. The first kappa shape index (κ1) is 19.8. The van der Waals surface area contributed by atoms with Gasteiger partial charge in [0.05, 0.1) is 5.02 Å². The van der Waals surface area contributed by atoms with Crippen LogP contribution < -0.4 is 4.72 Å². The average molecular weight is 435 g/mol. The van der Waals surface area contributed by atoms with E-state index >= 15 is 0 Å². The zero-order valence-corrected chi connectivity index (χ0v) is 17.3. The van der Waals surface area contributed by atoms with Crippen molar-refractivity contribution in [2.75, 3.05) is 13.1 Å². The summed E-state index contributed by atoms with van der Waals surface area (Å²) in [5.74, 6) is 0. The summed E-state index contributed by atoms with van der Waals surface area (Å²) in [4.78, 5) is 0.0855. The monoisotopic (exact) mass is 434 g/mol. The van der Waals surface area contributed by atoms with E-state index in [0.717, 1.165) is 16.9 Å². The second-order valence-corrected chi connectivity index (χ2v) is 11.4. The van der Waals surface area contributed by atoms with Crippen LogP contribution in [0.3, 0.4) is 0 Å². The molecule has 0 aliphatic carbocycles. The SMILES string of the molecule is Cc1ccc(S(=O)(=O)N2CCC(NS(=O)(=O)c3cccs3)CC2)c(Cl)c1. The zero-order valence-electron chi connectivity index (χ0n) is 14.1. The van der Waals surface area contributed by atoms with Crippen LogP contribution in [-0.2, 0) is 20.0 Å². The second-order valence-electron chi connectivity index (χ2n) is 6.17. The Morgan fingerprint density at radius 2 is 1.85 bits per heavy atom. The lowest BCUT2D eigenvalue weighted by Gasteiger charge is -2.31. The van der Waals surface area contributed by atoms with Crippen molar-refractivity contribution in [3.05, 3.63) is 46.3 Å². The van der Waals surface area contributed by atoms with Gasteiger partial charge in [0.1, 0.15) is 9.10 Å². The first-order valence-corrected chi connectivity index (χ1v) is 12.2. The van der Waals surface area contributed by atoms with Gasteiger partial charge in [-0.05, 0) is 48.9 Å². The topological polar surface area (TPSA) is 83.6 Å². The van der Waals surface area contributed by atoms with E-state index in [4.69, 9.17) is 11.6 Å². The lowest BCUT2D eigenvalue weighted by molar-refractivity contribution is 0.308. The van der Waals surface area contributed by atoms with Gasteiger partial charge in [-0.25, -0.2) is 21.6 Å². The number of aryl methyl sites for hydroxylation is 1. The van der Waals surface area contributed by atoms with Gasteiger partial charge in [0.25, 0.3) is 0 Å². The third-order valence-corrected chi connectivity index (χ3v) is 9.54. The van der Waals surface area contributed by atoms with E-state index in [1.165, 1.54) is 10.4 Å². The standard InChI is InChI=1S/C16H19ClN2O4S3/c1-12-4-5-15(14(17)11-12)26(22,23)19-8-6-13(7-9-19)18-25(20,21)16-3-2-10-24-16/h2-5,10-11,13,18H,6-9H2,1H3. The molecule has 26 heavy (non-hydrogen) atoms. The van der Waals surface area contributed by atoms with Gasteiger partial charge in [-0.2, -0.15) is 4.31 Å². The fourth-order valence-electron chi connectivity index (χ4n) is 2.86. The maximum atomic E-state index is 12.8. The van der Waals surface area contributed by atoms with Gasteiger partial charge >= 0.3 is 0 Å². The summed E-state index contributed by atoms with van der Waals surface area (Å²) in [6.45, 7) is 2.32. The van der Waals surface area contributed by atoms with Gasteiger partial charge in [-0.1, -0.05) is 23.7 Å². The molecule has 10 heteroatoms.